The summed E-state index contributed by atoms with van der Waals surface area (Å²) in [5.41, 5.74) is 11.9. The van der Waals surface area contributed by atoms with Crippen molar-refractivity contribution in [1.82, 2.24) is 0 Å². The molecular weight excluding hydrogens is 184 g/mol. The molecule has 0 aromatic carbocycles. The van der Waals surface area contributed by atoms with Gasteiger partial charge in [0.2, 0.25) is 0 Å². The van der Waals surface area contributed by atoms with Crippen LogP contribution in [0.5, 0.6) is 0 Å². The van der Waals surface area contributed by atoms with E-state index in [0.29, 0.717) is 12.1 Å². The van der Waals surface area contributed by atoms with Gasteiger partial charge in [0.25, 0.3) is 0 Å². The molecule has 2 saturated carbocycles. The lowest BCUT2D eigenvalue weighted by molar-refractivity contribution is 0.225. The zero-order chi connectivity index (χ0) is 10.7. The molecule has 2 aliphatic rings. The van der Waals surface area contributed by atoms with Gasteiger partial charge in [0, 0.05) is 12.1 Å². The van der Waals surface area contributed by atoms with E-state index in [-0.39, 0.29) is 0 Å². The van der Waals surface area contributed by atoms with Crippen LogP contribution in [-0.2, 0) is 0 Å². The smallest absolute Gasteiger partial charge is 0.00390 e. The monoisotopic (exact) mass is 210 g/mol. The normalized spacial score (nSPS) is 42.8. The van der Waals surface area contributed by atoms with Gasteiger partial charge in [-0.1, -0.05) is 0 Å². The van der Waals surface area contributed by atoms with E-state index in [2.05, 4.69) is 0 Å². The minimum absolute atomic E-state index is 0.501. The topological polar surface area (TPSA) is 52.0 Å². The van der Waals surface area contributed by atoms with Gasteiger partial charge in [-0.3, -0.25) is 0 Å². The number of nitrogens with two attached hydrogens (primary N) is 2. The molecule has 0 heterocycles. The number of hydrogen-bond acceptors (Lipinski definition) is 2. The molecule has 2 nitrogen and oxygen atoms in total. The minimum atomic E-state index is 0.501. The third kappa shape index (κ3) is 3.46. The van der Waals surface area contributed by atoms with Crippen LogP contribution in [0.15, 0.2) is 0 Å². The molecule has 2 aliphatic carbocycles. The average Bonchev–Trinajstić information content (AvgIpc) is 2.25. The van der Waals surface area contributed by atoms with Crippen LogP contribution in [0.1, 0.15) is 57.8 Å². The van der Waals surface area contributed by atoms with E-state index in [0.717, 1.165) is 11.8 Å². The molecule has 4 N–H and O–H groups in total. The second kappa shape index (κ2) is 5.31. The Morgan fingerprint density at radius 1 is 0.600 bits per heavy atom. The fraction of sp³-hybridized carbons (Fsp3) is 1.00. The highest BCUT2D eigenvalue weighted by Crippen LogP contribution is 2.34. The average molecular weight is 210 g/mol. The Bertz CT molecular complexity index is 157. The van der Waals surface area contributed by atoms with Crippen LogP contribution in [-0.4, -0.2) is 12.1 Å². The van der Waals surface area contributed by atoms with Gasteiger partial charge in [0.05, 0.1) is 0 Å². The molecule has 0 atom stereocenters. The van der Waals surface area contributed by atoms with E-state index in [4.69, 9.17) is 11.5 Å². The third-order valence-corrected chi connectivity index (χ3v) is 4.45. The van der Waals surface area contributed by atoms with Crippen LogP contribution in [0.2, 0.25) is 0 Å². The van der Waals surface area contributed by atoms with E-state index in [1.807, 2.05) is 0 Å². The Morgan fingerprint density at radius 2 is 0.933 bits per heavy atom. The third-order valence-electron chi connectivity index (χ3n) is 4.45. The first-order chi connectivity index (χ1) is 7.24. The Morgan fingerprint density at radius 3 is 1.27 bits per heavy atom. The molecule has 2 rings (SSSR count). The Balaban J connectivity index is 1.68. The van der Waals surface area contributed by atoms with Crippen molar-refractivity contribution < 1.29 is 0 Å². The molecule has 0 aromatic rings. The van der Waals surface area contributed by atoms with Gasteiger partial charge in [-0.15, -0.1) is 0 Å². The summed E-state index contributed by atoms with van der Waals surface area (Å²) in [6, 6.07) is 1.00. The van der Waals surface area contributed by atoms with Crippen LogP contribution in [0.25, 0.3) is 0 Å². The highest BCUT2D eigenvalue weighted by Gasteiger charge is 2.24. The zero-order valence-electron chi connectivity index (χ0n) is 9.83. The molecule has 0 aliphatic heterocycles. The SMILES string of the molecule is NC1CCC(C[C@H]2CC[C@@H](N)CC2)CC1. The van der Waals surface area contributed by atoms with Gasteiger partial charge in [0.1, 0.15) is 0 Å². The molecule has 0 radical (unpaired) electrons. The maximum Gasteiger partial charge on any atom is 0.00390 e. The van der Waals surface area contributed by atoms with Crippen LogP contribution in [0.4, 0.5) is 0 Å². The van der Waals surface area contributed by atoms with Gasteiger partial charge >= 0.3 is 0 Å². The maximum absolute atomic E-state index is 5.93. The minimum Gasteiger partial charge on any atom is -0.328 e. The molecule has 15 heavy (non-hydrogen) atoms. The molecule has 2 heteroatoms. The van der Waals surface area contributed by atoms with Crippen LogP contribution in [0, 0.1) is 11.8 Å². The van der Waals surface area contributed by atoms with Gasteiger partial charge in [-0.25, -0.2) is 0 Å². The van der Waals surface area contributed by atoms with Gasteiger partial charge < -0.3 is 11.5 Å². The Labute approximate surface area is 93.8 Å². The summed E-state index contributed by atoms with van der Waals surface area (Å²) >= 11 is 0. The fourth-order valence-electron chi connectivity index (χ4n) is 3.32. The van der Waals surface area contributed by atoms with E-state index in [1.165, 1.54) is 57.8 Å². The molecule has 2 fully saturated rings. The molecule has 0 aromatic heterocycles. The first-order valence-corrected chi connectivity index (χ1v) is 6.75. The predicted octanol–water partition coefficient (Wildman–Crippen LogP) is 2.41. The second-order valence-electron chi connectivity index (χ2n) is 5.80. The summed E-state index contributed by atoms with van der Waals surface area (Å²) in [5.74, 6) is 1.95. The maximum atomic E-state index is 5.93. The van der Waals surface area contributed by atoms with Crippen LogP contribution < -0.4 is 11.5 Å². The quantitative estimate of drug-likeness (QED) is 0.735. The zero-order valence-corrected chi connectivity index (χ0v) is 9.83. The van der Waals surface area contributed by atoms with Crippen LogP contribution in [0.3, 0.4) is 0 Å². The summed E-state index contributed by atoms with van der Waals surface area (Å²) in [7, 11) is 0. The van der Waals surface area contributed by atoms with Crippen LogP contribution >= 0.6 is 0 Å². The van der Waals surface area contributed by atoms with Gasteiger partial charge in [0.15, 0.2) is 0 Å². The highest BCUT2D eigenvalue weighted by atomic mass is 14.6. The molecule has 88 valence electrons. The molecule has 0 bridgehead atoms. The highest BCUT2D eigenvalue weighted by molar-refractivity contribution is 4.80. The molecule has 0 unspecified atom stereocenters. The van der Waals surface area contributed by atoms with Crippen molar-refractivity contribution in [1.29, 1.82) is 0 Å². The lowest BCUT2D eigenvalue weighted by Crippen LogP contribution is -2.30. The summed E-state index contributed by atoms with van der Waals surface area (Å²) < 4.78 is 0. The van der Waals surface area contributed by atoms with Crippen molar-refractivity contribution in [2.75, 3.05) is 0 Å². The second-order valence-corrected chi connectivity index (χ2v) is 5.80. The van der Waals surface area contributed by atoms with Crippen molar-refractivity contribution in [3.8, 4) is 0 Å². The van der Waals surface area contributed by atoms with Crippen molar-refractivity contribution in [2.45, 2.75) is 69.9 Å². The molecule has 0 spiro atoms. The molecular formula is C13H26N2. The predicted molar refractivity (Wildman–Crippen MR) is 64.5 cm³/mol. The first kappa shape index (κ1) is 11.4. The first-order valence-electron chi connectivity index (χ1n) is 6.75. The van der Waals surface area contributed by atoms with Gasteiger partial charge in [-0.05, 0) is 69.6 Å². The van der Waals surface area contributed by atoms with E-state index in [9.17, 15) is 0 Å². The van der Waals surface area contributed by atoms with Crippen molar-refractivity contribution in [3.63, 3.8) is 0 Å². The Hall–Kier alpha value is -0.0800. The van der Waals surface area contributed by atoms with E-state index >= 15 is 0 Å². The Kier molecular flexibility index (Phi) is 4.04. The largest absolute Gasteiger partial charge is 0.328 e. The van der Waals surface area contributed by atoms with Crippen molar-refractivity contribution in [3.05, 3.63) is 0 Å². The van der Waals surface area contributed by atoms with E-state index in [1.54, 1.807) is 0 Å². The summed E-state index contributed by atoms with van der Waals surface area (Å²) in [6.07, 6.45) is 12.0. The summed E-state index contributed by atoms with van der Waals surface area (Å²) in [6.45, 7) is 0. The molecule has 0 amide bonds. The van der Waals surface area contributed by atoms with Crippen molar-refractivity contribution >= 4 is 0 Å². The fourth-order valence-corrected chi connectivity index (χ4v) is 3.32. The summed E-state index contributed by atoms with van der Waals surface area (Å²) in [5, 5.41) is 0. The van der Waals surface area contributed by atoms with Crippen molar-refractivity contribution in [2.24, 2.45) is 23.3 Å². The summed E-state index contributed by atoms with van der Waals surface area (Å²) in [4.78, 5) is 0. The lowest BCUT2D eigenvalue weighted by atomic mass is 9.76. The molecule has 0 saturated heterocycles. The van der Waals surface area contributed by atoms with Gasteiger partial charge in [-0.2, -0.15) is 0 Å². The number of rotatable bonds is 2. The lowest BCUT2D eigenvalue weighted by Gasteiger charge is -2.32. The van der Waals surface area contributed by atoms with E-state index < -0.39 is 0 Å². The number of hydrogen-bond donors (Lipinski definition) is 2. The standard InChI is InChI=1S/C13H26N2/c14-12-5-1-10(2-6-12)9-11-3-7-13(15)8-4-11/h10-13H,1-9,14-15H2/t10-,11?,12+,13?.